The van der Waals surface area contributed by atoms with Crippen molar-refractivity contribution < 1.29 is 12.6 Å². The number of nitrogens with zero attached hydrogens (tertiary/aromatic N) is 1. The van der Waals surface area contributed by atoms with Gasteiger partial charge in [0.2, 0.25) is 21.5 Å². The number of hydrogen-bond donors (Lipinski definition) is 1. The number of sulfonamides is 1. The van der Waals surface area contributed by atoms with E-state index in [0.717, 1.165) is 12.0 Å². The van der Waals surface area contributed by atoms with Crippen LogP contribution in [0, 0.1) is 17.3 Å². The van der Waals surface area contributed by atoms with Crippen LogP contribution in [-0.2, 0) is 21.5 Å². The van der Waals surface area contributed by atoms with Gasteiger partial charge in [-0.1, -0.05) is 25.5 Å². The van der Waals surface area contributed by atoms with Crippen LogP contribution in [-0.4, -0.2) is 18.7 Å². The molecule has 5 nitrogen and oxygen atoms in total. The van der Waals surface area contributed by atoms with Gasteiger partial charge in [0.1, 0.15) is 0 Å². The first-order valence-electron chi connectivity index (χ1n) is 7.56. The first-order chi connectivity index (χ1) is 10.8. The molecule has 3 atom stereocenters. The Kier molecular flexibility index (Phi) is 4.06. The molecule has 1 saturated carbocycles. The van der Waals surface area contributed by atoms with Crippen molar-refractivity contribution in [2.24, 2.45) is 21.6 Å². The highest BCUT2D eigenvalue weighted by atomic mass is 32.2. The van der Waals surface area contributed by atoms with Crippen LogP contribution in [0.5, 0.6) is 0 Å². The molecule has 23 heavy (non-hydrogen) atoms. The van der Waals surface area contributed by atoms with Crippen molar-refractivity contribution in [3.63, 3.8) is 0 Å². The van der Waals surface area contributed by atoms with Crippen molar-refractivity contribution in [2.45, 2.75) is 38.1 Å². The molecule has 0 spiro atoms. The van der Waals surface area contributed by atoms with E-state index in [2.05, 4.69) is 29.0 Å². The lowest BCUT2D eigenvalue weighted by Crippen LogP contribution is -2.37. The van der Waals surface area contributed by atoms with Gasteiger partial charge in [-0.15, -0.1) is 0 Å². The van der Waals surface area contributed by atoms with Crippen molar-refractivity contribution >= 4 is 27.2 Å². The highest BCUT2D eigenvalue weighted by Crippen LogP contribution is 2.63. The Morgan fingerprint density at radius 3 is 2.52 bits per heavy atom. The summed E-state index contributed by atoms with van der Waals surface area (Å²) >= 11 is 0.104. The highest BCUT2D eigenvalue weighted by molar-refractivity contribution is 7.89. The van der Waals surface area contributed by atoms with Crippen molar-refractivity contribution in [2.75, 3.05) is 0 Å². The van der Waals surface area contributed by atoms with Gasteiger partial charge in [0.15, 0.2) is 0 Å². The van der Waals surface area contributed by atoms with E-state index in [1.165, 1.54) is 24.3 Å². The van der Waals surface area contributed by atoms with Crippen LogP contribution in [0.2, 0.25) is 0 Å². The maximum absolute atomic E-state index is 12.6. The second kappa shape index (κ2) is 5.65. The van der Waals surface area contributed by atoms with E-state index in [4.69, 9.17) is 0 Å². The van der Waals surface area contributed by atoms with Crippen LogP contribution >= 0.6 is 0 Å². The number of benzene rings is 1. The summed E-state index contributed by atoms with van der Waals surface area (Å²) in [5.74, 6) is 1.13. The molecule has 1 aromatic carbocycles. The monoisotopic (exact) mass is 352 g/mol. The Balaban J connectivity index is 1.78. The fourth-order valence-corrected chi connectivity index (χ4v) is 5.03. The fourth-order valence-electron chi connectivity index (χ4n) is 3.53. The second-order valence-electron chi connectivity index (χ2n) is 6.93. The first-order valence-corrected chi connectivity index (χ1v) is 9.74. The zero-order valence-corrected chi connectivity index (χ0v) is 14.9. The third-order valence-corrected chi connectivity index (χ3v) is 6.98. The minimum absolute atomic E-state index is 0.104. The molecule has 7 heteroatoms. The van der Waals surface area contributed by atoms with Crippen molar-refractivity contribution in [1.29, 1.82) is 0 Å². The number of allylic oxidation sites excluding steroid dienone is 1. The van der Waals surface area contributed by atoms with Gasteiger partial charge in [0, 0.05) is 6.04 Å². The Hall–Kier alpha value is -1.31. The standard InChI is InChI=1S/C16H20N2O3S2/c1-10-8-13-14(16(13,2)3)9-15(10)18-23(20,21)12-6-4-11(5-7-12)17-22-19/h4-8,13-15,18H,9H2,1-3H3/t13-,14+,15+/m0/s1. The molecule has 0 amide bonds. The third kappa shape index (κ3) is 3.05. The number of nitrogens with one attached hydrogen (secondary N) is 1. The lowest BCUT2D eigenvalue weighted by molar-refractivity contribution is 0.483. The summed E-state index contributed by atoms with van der Waals surface area (Å²) in [7, 11) is -3.58. The summed E-state index contributed by atoms with van der Waals surface area (Å²) < 4.78 is 41.9. The summed E-state index contributed by atoms with van der Waals surface area (Å²) in [6.45, 7) is 6.46. The third-order valence-electron chi connectivity index (χ3n) is 5.21. The van der Waals surface area contributed by atoms with E-state index in [1.54, 1.807) is 0 Å². The average Bonchev–Trinajstić information content (AvgIpc) is 3.00. The molecule has 2 aliphatic carbocycles. The predicted molar refractivity (Wildman–Crippen MR) is 89.9 cm³/mol. The molecule has 1 N–H and O–H groups in total. The SMILES string of the molecule is CC1=C[C@H]2[C@@H](C[C@H]1NS(=O)(=O)c1ccc(N=S=O)cc1)C2(C)C. The molecule has 1 fully saturated rings. The maximum Gasteiger partial charge on any atom is 0.241 e. The van der Waals surface area contributed by atoms with E-state index in [9.17, 15) is 12.6 Å². The van der Waals surface area contributed by atoms with E-state index in [1.807, 2.05) is 6.92 Å². The lowest BCUT2D eigenvalue weighted by Gasteiger charge is -2.22. The minimum Gasteiger partial charge on any atom is -0.207 e. The summed E-state index contributed by atoms with van der Waals surface area (Å²) in [6.07, 6.45) is 3.06. The molecule has 0 unspecified atom stereocenters. The van der Waals surface area contributed by atoms with E-state index >= 15 is 0 Å². The Morgan fingerprint density at radius 2 is 1.91 bits per heavy atom. The number of fused-ring (bicyclic) bond motifs is 1. The van der Waals surface area contributed by atoms with Gasteiger partial charge < -0.3 is 0 Å². The fraction of sp³-hybridized carbons (Fsp3) is 0.500. The van der Waals surface area contributed by atoms with Crippen LogP contribution in [0.3, 0.4) is 0 Å². The molecular formula is C16H20N2O3S2. The number of rotatable bonds is 4. The molecular weight excluding hydrogens is 332 g/mol. The van der Waals surface area contributed by atoms with E-state index < -0.39 is 10.0 Å². The zero-order chi connectivity index (χ0) is 16.8. The van der Waals surface area contributed by atoms with E-state index in [0.29, 0.717) is 17.5 Å². The average molecular weight is 352 g/mol. The topological polar surface area (TPSA) is 75.6 Å². The van der Waals surface area contributed by atoms with Crippen molar-refractivity contribution in [1.82, 2.24) is 4.72 Å². The van der Waals surface area contributed by atoms with Gasteiger partial charge in [-0.25, -0.2) is 13.1 Å². The normalized spacial score (nSPS) is 28.5. The number of hydrogen-bond acceptors (Lipinski definition) is 4. The van der Waals surface area contributed by atoms with Crippen LogP contribution in [0.1, 0.15) is 27.2 Å². The van der Waals surface area contributed by atoms with Gasteiger partial charge in [0.25, 0.3) is 0 Å². The van der Waals surface area contributed by atoms with Gasteiger partial charge in [0.05, 0.1) is 10.6 Å². The molecule has 2 aliphatic rings. The summed E-state index contributed by atoms with van der Waals surface area (Å²) in [6, 6.07) is 5.86. The second-order valence-corrected chi connectivity index (χ2v) is 8.98. The van der Waals surface area contributed by atoms with Gasteiger partial charge in [-0.3, -0.25) is 0 Å². The zero-order valence-electron chi connectivity index (χ0n) is 13.3. The Morgan fingerprint density at radius 1 is 1.26 bits per heavy atom. The molecule has 0 bridgehead atoms. The lowest BCUT2D eigenvalue weighted by atomic mass is 9.96. The first kappa shape index (κ1) is 16.5. The van der Waals surface area contributed by atoms with Crippen molar-refractivity contribution in [3.8, 4) is 0 Å². The highest BCUT2D eigenvalue weighted by Gasteiger charge is 2.58. The Bertz CT molecular complexity index is 806. The molecule has 0 aromatic heterocycles. The summed E-state index contributed by atoms with van der Waals surface area (Å²) in [4.78, 5) is 0.192. The van der Waals surface area contributed by atoms with Crippen LogP contribution < -0.4 is 4.72 Å². The van der Waals surface area contributed by atoms with Crippen LogP contribution in [0.15, 0.2) is 45.2 Å². The molecule has 1 aromatic rings. The molecule has 0 radical (unpaired) electrons. The smallest absolute Gasteiger partial charge is 0.207 e. The molecule has 0 heterocycles. The van der Waals surface area contributed by atoms with Crippen LogP contribution in [0.4, 0.5) is 5.69 Å². The quantitative estimate of drug-likeness (QED) is 0.847. The predicted octanol–water partition coefficient (Wildman–Crippen LogP) is 2.98. The minimum atomic E-state index is -3.58. The maximum atomic E-state index is 12.6. The molecule has 0 aliphatic heterocycles. The summed E-state index contributed by atoms with van der Waals surface area (Å²) in [5.41, 5.74) is 1.83. The largest absolute Gasteiger partial charge is 0.241 e. The molecule has 0 saturated heterocycles. The van der Waals surface area contributed by atoms with Gasteiger partial charge in [-0.05, 0) is 54.9 Å². The molecule has 124 valence electrons. The van der Waals surface area contributed by atoms with Gasteiger partial charge in [-0.2, -0.15) is 8.57 Å². The molecule has 3 rings (SSSR count). The summed E-state index contributed by atoms with van der Waals surface area (Å²) in [5, 5.41) is 0. The van der Waals surface area contributed by atoms with E-state index in [-0.39, 0.29) is 27.8 Å². The van der Waals surface area contributed by atoms with Crippen LogP contribution in [0.25, 0.3) is 0 Å². The van der Waals surface area contributed by atoms with Crippen molar-refractivity contribution in [3.05, 3.63) is 35.9 Å². The Labute approximate surface area is 140 Å². The van der Waals surface area contributed by atoms with Gasteiger partial charge >= 0.3 is 0 Å².